The van der Waals surface area contributed by atoms with Crippen LogP contribution in [0, 0.1) is 13.8 Å². The van der Waals surface area contributed by atoms with Gasteiger partial charge in [0.05, 0.1) is 11.3 Å². The standard InChI is InChI=1S/C19H21NO3S/c1-13-10-14(2)18(24(3,22)23)12-17(13)20-9-8-15-6-4-5-7-16(15)11-19(20)21/h4-7,10,12H,8-9,11H2,1-3H3. The minimum Gasteiger partial charge on any atom is -0.312 e. The molecule has 0 aromatic heterocycles. The Labute approximate surface area is 143 Å². The molecule has 24 heavy (non-hydrogen) atoms. The number of carbonyl (C=O) groups is 1. The van der Waals surface area contributed by atoms with Crippen LogP contribution in [0.4, 0.5) is 5.69 Å². The first-order valence-electron chi connectivity index (χ1n) is 7.96. The van der Waals surface area contributed by atoms with E-state index in [1.165, 1.54) is 11.8 Å². The number of fused-ring (bicyclic) bond motifs is 1. The predicted octanol–water partition coefficient (Wildman–Crippen LogP) is 2.84. The van der Waals surface area contributed by atoms with E-state index in [-0.39, 0.29) is 10.8 Å². The lowest BCUT2D eigenvalue weighted by molar-refractivity contribution is -0.117. The molecule has 0 atom stereocenters. The summed E-state index contributed by atoms with van der Waals surface area (Å²) in [6.07, 6.45) is 2.32. The van der Waals surface area contributed by atoms with Gasteiger partial charge in [-0.3, -0.25) is 4.79 Å². The summed E-state index contributed by atoms with van der Waals surface area (Å²) in [6.45, 7) is 4.26. The van der Waals surface area contributed by atoms with Gasteiger partial charge in [0, 0.05) is 18.5 Å². The van der Waals surface area contributed by atoms with Crippen LogP contribution in [0.5, 0.6) is 0 Å². The lowest BCUT2D eigenvalue weighted by Gasteiger charge is -2.24. The molecule has 0 bridgehead atoms. The third-order valence-corrected chi connectivity index (χ3v) is 5.79. The molecule has 1 aliphatic rings. The number of hydrogen-bond acceptors (Lipinski definition) is 3. The van der Waals surface area contributed by atoms with Gasteiger partial charge in [-0.1, -0.05) is 30.3 Å². The van der Waals surface area contributed by atoms with E-state index >= 15 is 0 Å². The normalized spacial score (nSPS) is 15.1. The minimum atomic E-state index is -3.33. The number of rotatable bonds is 2. The Balaban J connectivity index is 2.05. The molecule has 2 aromatic rings. The fourth-order valence-electron chi connectivity index (χ4n) is 3.36. The van der Waals surface area contributed by atoms with Gasteiger partial charge in [0.15, 0.2) is 9.84 Å². The second-order valence-electron chi connectivity index (χ2n) is 6.42. The molecule has 0 spiro atoms. The summed E-state index contributed by atoms with van der Waals surface area (Å²) in [4.78, 5) is 14.8. The number of hydrogen-bond donors (Lipinski definition) is 0. The maximum absolute atomic E-state index is 12.8. The van der Waals surface area contributed by atoms with E-state index in [9.17, 15) is 13.2 Å². The van der Waals surface area contributed by atoms with Crippen molar-refractivity contribution in [3.05, 3.63) is 58.7 Å². The largest absolute Gasteiger partial charge is 0.312 e. The summed E-state index contributed by atoms with van der Waals surface area (Å²) in [7, 11) is -3.33. The number of amides is 1. The highest BCUT2D eigenvalue weighted by molar-refractivity contribution is 7.90. The summed E-state index contributed by atoms with van der Waals surface area (Å²) in [5.41, 5.74) is 4.56. The average Bonchev–Trinajstić information content (AvgIpc) is 2.65. The molecule has 5 heteroatoms. The molecule has 1 aliphatic heterocycles. The van der Waals surface area contributed by atoms with E-state index in [0.717, 1.165) is 17.5 Å². The fourth-order valence-corrected chi connectivity index (χ4v) is 4.33. The van der Waals surface area contributed by atoms with Crippen LogP contribution in [0.2, 0.25) is 0 Å². The molecule has 126 valence electrons. The summed E-state index contributed by atoms with van der Waals surface area (Å²) >= 11 is 0. The van der Waals surface area contributed by atoms with Crippen LogP contribution < -0.4 is 4.90 Å². The number of benzene rings is 2. The number of sulfone groups is 1. The zero-order valence-corrected chi connectivity index (χ0v) is 15.0. The van der Waals surface area contributed by atoms with Crippen molar-refractivity contribution in [3.8, 4) is 0 Å². The third kappa shape index (κ3) is 3.08. The number of anilines is 1. The predicted molar refractivity (Wildman–Crippen MR) is 95.2 cm³/mol. The van der Waals surface area contributed by atoms with Gasteiger partial charge in [0.25, 0.3) is 0 Å². The summed E-state index contributed by atoms with van der Waals surface area (Å²) in [6, 6.07) is 11.5. The molecule has 0 radical (unpaired) electrons. The molecule has 1 amide bonds. The van der Waals surface area contributed by atoms with E-state index in [1.54, 1.807) is 17.9 Å². The quantitative estimate of drug-likeness (QED) is 0.842. The van der Waals surface area contributed by atoms with Crippen molar-refractivity contribution in [2.75, 3.05) is 17.7 Å². The van der Waals surface area contributed by atoms with Gasteiger partial charge >= 0.3 is 0 Å². The van der Waals surface area contributed by atoms with E-state index in [0.29, 0.717) is 24.2 Å². The molecule has 0 N–H and O–H groups in total. The molecule has 0 saturated carbocycles. The first-order chi connectivity index (χ1) is 11.3. The lowest BCUT2D eigenvalue weighted by atomic mass is 10.0. The van der Waals surface area contributed by atoms with E-state index in [1.807, 2.05) is 31.2 Å². The third-order valence-electron chi connectivity index (χ3n) is 4.55. The van der Waals surface area contributed by atoms with Crippen LogP contribution in [0.1, 0.15) is 22.3 Å². The Hall–Kier alpha value is -2.14. The Morgan fingerprint density at radius 3 is 2.33 bits per heavy atom. The van der Waals surface area contributed by atoms with E-state index in [2.05, 4.69) is 6.07 Å². The van der Waals surface area contributed by atoms with Crippen molar-refractivity contribution >= 4 is 21.4 Å². The van der Waals surface area contributed by atoms with E-state index < -0.39 is 9.84 Å². The van der Waals surface area contributed by atoms with E-state index in [4.69, 9.17) is 0 Å². The highest BCUT2D eigenvalue weighted by Gasteiger charge is 2.24. The number of carbonyl (C=O) groups excluding carboxylic acids is 1. The van der Waals surface area contributed by atoms with Crippen molar-refractivity contribution < 1.29 is 13.2 Å². The first kappa shape index (κ1) is 16.7. The maximum atomic E-state index is 12.8. The molecular formula is C19H21NO3S. The smallest absolute Gasteiger partial charge is 0.231 e. The van der Waals surface area contributed by atoms with Crippen molar-refractivity contribution in [1.29, 1.82) is 0 Å². The highest BCUT2D eigenvalue weighted by atomic mass is 32.2. The van der Waals surface area contributed by atoms with Crippen LogP contribution in [-0.4, -0.2) is 27.1 Å². The molecule has 2 aromatic carbocycles. The van der Waals surface area contributed by atoms with Crippen molar-refractivity contribution in [1.82, 2.24) is 0 Å². The zero-order chi connectivity index (χ0) is 17.5. The van der Waals surface area contributed by atoms with Crippen molar-refractivity contribution in [3.63, 3.8) is 0 Å². The minimum absolute atomic E-state index is 0.00588. The SMILES string of the molecule is Cc1cc(C)c(S(C)(=O)=O)cc1N1CCc2ccccc2CC1=O. The van der Waals surface area contributed by atoms with Gasteiger partial charge < -0.3 is 4.90 Å². The zero-order valence-electron chi connectivity index (χ0n) is 14.2. The van der Waals surface area contributed by atoms with Crippen molar-refractivity contribution in [2.24, 2.45) is 0 Å². The Kier molecular flexibility index (Phi) is 4.22. The monoisotopic (exact) mass is 343 g/mol. The second-order valence-corrected chi connectivity index (χ2v) is 8.40. The molecule has 1 heterocycles. The van der Waals surface area contributed by atoms with Gasteiger partial charge in [-0.05, 0) is 48.6 Å². The van der Waals surface area contributed by atoms with Crippen LogP contribution in [0.3, 0.4) is 0 Å². The van der Waals surface area contributed by atoms with Gasteiger partial charge in [-0.2, -0.15) is 0 Å². The van der Waals surface area contributed by atoms with Crippen LogP contribution in [0.15, 0.2) is 41.3 Å². The second kappa shape index (κ2) is 6.06. The van der Waals surface area contributed by atoms with Crippen molar-refractivity contribution in [2.45, 2.75) is 31.6 Å². The van der Waals surface area contributed by atoms with Crippen LogP contribution in [-0.2, 0) is 27.5 Å². The first-order valence-corrected chi connectivity index (χ1v) is 9.85. The average molecular weight is 343 g/mol. The number of aryl methyl sites for hydroxylation is 2. The topological polar surface area (TPSA) is 54.5 Å². The molecule has 0 unspecified atom stereocenters. The highest BCUT2D eigenvalue weighted by Crippen LogP contribution is 2.29. The van der Waals surface area contributed by atoms with Gasteiger partial charge in [0.1, 0.15) is 0 Å². The molecule has 4 nitrogen and oxygen atoms in total. The maximum Gasteiger partial charge on any atom is 0.231 e. The number of nitrogens with zero attached hydrogens (tertiary/aromatic N) is 1. The fraction of sp³-hybridized carbons (Fsp3) is 0.316. The lowest BCUT2D eigenvalue weighted by Crippen LogP contribution is -2.33. The van der Waals surface area contributed by atoms with Crippen LogP contribution >= 0.6 is 0 Å². The van der Waals surface area contributed by atoms with Gasteiger partial charge in [-0.15, -0.1) is 0 Å². The summed E-state index contributed by atoms with van der Waals surface area (Å²) in [5, 5.41) is 0. The van der Waals surface area contributed by atoms with Crippen LogP contribution in [0.25, 0.3) is 0 Å². The molecule has 0 saturated heterocycles. The molecule has 0 aliphatic carbocycles. The molecular weight excluding hydrogens is 322 g/mol. The molecule has 3 rings (SSSR count). The summed E-state index contributed by atoms with van der Waals surface area (Å²) < 4.78 is 24.0. The molecule has 0 fully saturated rings. The van der Waals surface area contributed by atoms with Gasteiger partial charge in [-0.25, -0.2) is 8.42 Å². The Morgan fingerprint density at radius 2 is 1.67 bits per heavy atom. The summed E-state index contributed by atoms with van der Waals surface area (Å²) in [5.74, 6) is 0.00588. The Morgan fingerprint density at radius 1 is 1.00 bits per heavy atom. The van der Waals surface area contributed by atoms with Gasteiger partial charge in [0.2, 0.25) is 5.91 Å². The Bertz CT molecular complexity index is 916.